The fourth-order valence-electron chi connectivity index (χ4n) is 1.51. The summed E-state index contributed by atoms with van der Waals surface area (Å²) in [6, 6.07) is 3.47. The minimum Gasteiger partial charge on any atom is -0.382 e. The highest BCUT2D eigenvalue weighted by Crippen LogP contribution is 2.30. The van der Waals surface area contributed by atoms with Crippen molar-refractivity contribution in [3.05, 3.63) is 34.9 Å². The van der Waals surface area contributed by atoms with Crippen LogP contribution >= 0.6 is 12.4 Å². The van der Waals surface area contributed by atoms with Gasteiger partial charge >= 0.3 is 6.18 Å². The summed E-state index contributed by atoms with van der Waals surface area (Å²) in [5.74, 6) is 0. The molecule has 2 nitrogen and oxygen atoms in total. The van der Waals surface area contributed by atoms with Gasteiger partial charge in [0.1, 0.15) is 0 Å². The molecule has 1 aromatic rings. The number of alkyl halides is 3. The van der Waals surface area contributed by atoms with Gasteiger partial charge in [-0.15, -0.1) is 12.4 Å². The normalized spacial score (nSPS) is 15.0. The summed E-state index contributed by atoms with van der Waals surface area (Å²) in [7, 11) is 0. The number of benzene rings is 1. The molecule has 0 saturated heterocycles. The summed E-state index contributed by atoms with van der Waals surface area (Å²) < 4.78 is 36.9. The topological polar surface area (TPSA) is 46.2 Å². The van der Waals surface area contributed by atoms with Crippen molar-refractivity contribution in [2.45, 2.75) is 32.2 Å². The molecule has 0 spiro atoms. The summed E-state index contributed by atoms with van der Waals surface area (Å²) in [5, 5.41) is 9.07. The molecule has 0 saturated carbocycles. The molecule has 0 amide bonds. The van der Waals surface area contributed by atoms with Crippen LogP contribution in [0.15, 0.2) is 18.2 Å². The third-order valence-electron chi connectivity index (χ3n) is 2.68. The van der Waals surface area contributed by atoms with Gasteiger partial charge in [-0.3, -0.25) is 0 Å². The molecule has 2 atom stereocenters. The van der Waals surface area contributed by atoms with Crippen LogP contribution in [0.2, 0.25) is 0 Å². The summed E-state index contributed by atoms with van der Waals surface area (Å²) in [6.45, 7) is 3.47. The van der Waals surface area contributed by atoms with E-state index in [1.165, 1.54) is 6.07 Å². The molecule has 0 unspecified atom stereocenters. The Kier molecular flexibility index (Phi) is 5.45. The Hall–Kier alpha value is -0.780. The Morgan fingerprint density at radius 1 is 1.24 bits per heavy atom. The minimum atomic E-state index is -4.70. The Labute approximate surface area is 104 Å². The molecule has 0 aliphatic rings. The Balaban J connectivity index is 0.00000256. The van der Waals surface area contributed by atoms with Crippen LogP contribution in [-0.2, 0) is 0 Å². The molecule has 0 fully saturated rings. The van der Waals surface area contributed by atoms with Crippen molar-refractivity contribution in [1.82, 2.24) is 0 Å². The minimum absolute atomic E-state index is 0. The van der Waals surface area contributed by atoms with E-state index in [9.17, 15) is 13.2 Å². The van der Waals surface area contributed by atoms with Gasteiger partial charge in [0.25, 0.3) is 0 Å². The molecule has 1 rings (SSSR count). The van der Waals surface area contributed by atoms with Crippen molar-refractivity contribution < 1.29 is 18.3 Å². The predicted octanol–water partition coefficient (Wildman–Crippen LogP) is 2.65. The van der Waals surface area contributed by atoms with Gasteiger partial charge in [-0.25, -0.2) is 0 Å². The average Bonchev–Trinajstić information content (AvgIpc) is 2.18. The van der Waals surface area contributed by atoms with E-state index in [-0.39, 0.29) is 12.4 Å². The first-order chi connectivity index (χ1) is 7.25. The van der Waals surface area contributed by atoms with E-state index >= 15 is 0 Å². The number of halogens is 4. The van der Waals surface area contributed by atoms with Crippen molar-refractivity contribution >= 4 is 12.4 Å². The maximum Gasteiger partial charge on any atom is 0.416 e. The molecule has 98 valence electrons. The molecule has 17 heavy (non-hydrogen) atoms. The van der Waals surface area contributed by atoms with Crippen LogP contribution in [0.1, 0.15) is 22.7 Å². The number of hydrogen-bond donors (Lipinski definition) is 2. The van der Waals surface area contributed by atoms with Crippen molar-refractivity contribution in [1.29, 1.82) is 0 Å². The number of nitrogens with two attached hydrogens (primary N) is 1. The van der Waals surface area contributed by atoms with Crippen molar-refractivity contribution in [2.24, 2.45) is 5.73 Å². The lowest BCUT2D eigenvalue weighted by Gasteiger charge is -2.23. The zero-order chi connectivity index (χ0) is 12.5. The summed E-state index contributed by atoms with van der Waals surface area (Å²) in [5.41, 5.74) is 7.28. The molecular weight excluding hydrogens is 255 g/mol. The lowest BCUT2D eigenvalue weighted by molar-refractivity contribution is -0.210. The molecule has 0 heterocycles. The Bertz CT molecular complexity index is 381. The van der Waals surface area contributed by atoms with Gasteiger partial charge in [0.15, 0.2) is 6.10 Å². The van der Waals surface area contributed by atoms with Crippen LogP contribution < -0.4 is 5.73 Å². The second kappa shape index (κ2) is 5.71. The highest BCUT2D eigenvalue weighted by atomic mass is 35.5. The van der Waals surface area contributed by atoms with Crippen LogP contribution in [-0.4, -0.2) is 17.4 Å². The highest BCUT2D eigenvalue weighted by molar-refractivity contribution is 5.85. The van der Waals surface area contributed by atoms with Gasteiger partial charge in [-0.05, 0) is 30.5 Å². The zero-order valence-corrected chi connectivity index (χ0v) is 10.3. The fourth-order valence-corrected chi connectivity index (χ4v) is 1.51. The molecule has 1 aromatic carbocycles. The van der Waals surface area contributed by atoms with Crippen LogP contribution in [0.5, 0.6) is 0 Å². The largest absolute Gasteiger partial charge is 0.416 e. The SMILES string of the molecule is Cc1cccc([C@@H](N)[C@@H](O)C(F)(F)F)c1C.Cl. The fraction of sp³-hybridized carbons (Fsp3) is 0.455. The van der Waals surface area contributed by atoms with Crippen LogP contribution in [0, 0.1) is 13.8 Å². The first-order valence-electron chi connectivity index (χ1n) is 4.81. The van der Waals surface area contributed by atoms with E-state index in [4.69, 9.17) is 10.8 Å². The number of aryl methyl sites for hydroxylation is 1. The quantitative estimate of drug-likeness (QED) is 0.867. The van der Waals surface area contributed by atoms with Crippen molar-refractivity contribution in [3.63, 3.8) is 0 Å². The zero-order valence-electron chi connectivity index (χ0n) is 9.45. The first kappa shape index (κ1) is 16.2. The molecule has 0 aliphatic carbocycles. The predicted molar refractivity (Wildman–Crippen MR) is 62.2 cm³/mol. The third-order valence-corrected chi connectivity index (χ3v) is 2.68. The van der Waals surface area contributed by atoms with Gasteiger partial charge in [0.2, 0.25) is 0 Å². The number of aliphatic hydroxyl groups is 1. The monoisotopic (exact) mass is 269 g/mol. The van der Waals surface area contributed by atoms with Gasteiger partial charge in [0, 0.05) is 0 Å². The van der Waals surface area contributed by atoms with Crippen LogP contribution in [0.3, 0.4) is 0 Å². The molecule has 0 aliphatic heterocycles. The van der Waals surface area contributed by atoms with Gasteiger partial charge in [0.05, 0.1) is 6.04 Å². The molecule has 0 bridgehead atoms. The smallest absolute Gasteiger partial charge is 0.382 e. The third kappa shape index (κ3) is 3.59. The lowest BCUT2D eigenvalue weighted by Crippen LogP contribution is -2.39. The number of hydrogen-bond acceptors (Lipinski definition) is 2. The number of rotatable bonds is 2. The van der Waals surface area contributed by atoms with Gasteiger partial charge in [-0.1, -0.05) is 18.2 Å². The maximum absolute atomic E-state index is 12.3. The average molecular weight is 270 g/mol. The molecule has 0 aromatic heterocycles. The standard InChI is InChI=1S/C11H14F3NO.ClH/c1-6-4-3-5-8(7(6)2)9(15)10(16)11(12,13)14;/h3-5,9-10,16H,15H2,1-2H3;1H/t9-,10-;/m1./s1. The maximum atomic E-state index is 12.3. The van der Waals surface area contributed by atoms with E-state index in [1.807, 2.05) is 0 Å². The van der Waals surface area contributed by atoms with E-state index < -0.39 is 18.3 Å². The molecular formula is C11H15ClF3NO. The lowest BCUT2D eigenvalue weighted by atomic mass is 9.94. The van der Waals surface area contributed by atoms with Crippen molar-refractivity contribution in [3.8, 4) is 0 Å². The highest BCUT2D eigenvalue weighted by Gasteiger charge is 2.43. The summed E-state index contributed by atoms with van der Waals surface area (Å²) >= 11 is 0. The van der Waals surface area contributed by atoms with E-state index in [1.54, 1.807) is 26.0 Å². The second-order valence-corrected chi connectivity index (χ2v) is 3.80. The van der Waals surface area contributed by atoms with E-state index in [0.717, 1.165) is 5.56 Å². The van der Waals surface area contributed by atoms with E-state index in [2.05, 4.69) is 0 Å². The first-order valence-corrected chi connectivity index (χ1v) is 4.81. The second-order valence-electron chi connectivity index (χ2n) is 3.80. The van der Waals surface area contributed by atoms with Gasteiger partial charge in [-0.2, -0.15) is 13.2 Å². The van der Waals surface area contributed by atoms with Crippen molar-refractivity contribution in [2.75, 3.05) is 0 Å². The molecule has 0 radical (unpaired) electrons. The molecule has 6 heteroatoms. The Morgan fingerprint density at radius 3 is 2.24 bits per heavy atom. The van der Waals surface area contributed by atoms with Crippen LogP contribution in [0.25, 0.3) is 0 Å². The summed E-state index contributed by atoms with van der Waals surface area (Å²) in [4.78, 5) is 0. The van der Waals surface area contributed by atoms with E-state index in [0.29, 0.717) is 11.1 Å². The number of aliphatic hydroxyl groups excluding tert-OH is 1. The summed E-state index contributed by atoms with van der Waals surface area (Å²) in [6.07, 6.45) is -7.23. The van der Waals surface area contributed by atoms with Crippen LogP contribution in [0.4, 0.5) is 13.2 Å². The van der Waals surface area contributed by atoms with Gasteiger partial charge < -0.3 is 10.8 Å². The molecule has 3 N–H and O–H groups in total. The Morgan fingerprint density at radius 2 is 1.76 bits per heavy atom.